The predicted molar refractivity (Wildman–Crippen MR) is 114 cm³/mol. The number of anilines is 2. The number of amides is 1. The highest BCUT2D eigenvalue weighted by Crippen LogP contribution is 2.50. The summed E-state index contributed by atoms with van der Waals surface area (Å²) >= 11 is 5.20. The molecule has 1 saturated heterocycles. The van der Waals surface area contributed by atoms with E-state index in [2.05, 4.69) is 44.0 Å². The Morgan fingerprint density at radius 1 is 1.25 bits per heavy atom. The van der Waals surface area contributed by atoms with Crippen LogP contribution in [0, 0.1) is 0 Å². The number of benzene rings is 1. The van der Waals surface area contributed by atoms with E-state index in [1.807, 2.05) is 17.0 Å². The van der Waals surface area contributed by atoms with E-state index in [-0.39, 0.29) is 11.3 Å². The van der Waals surface area contributed by atoms with Gasteiger partial charge in [0.1, 0.15) is 10.3 Å². The smallest absolute Gasteiger partial charge is 0.219 e. The quantitative estimate of drug-likeness (QED) is 0.578. The maximum absolute atomic E-state index is 12.0. The number of thiazole rings is 1. The van der Waals surface area contributed by atoms with Crippen molar-refractivity contribution in [2.75, 3.05) is 31.6 Å². The Hall–Kier alpha value is -2.19. The highest BCUT2D eigenvalue weighted by Gasteiger charge is 2.48. The van der Waals surface area contributed by atoms with Gasteiger partial charge >= 0.3 is 0 Å². The first kappa shape index (κ1) is 17.9. The molecule has 0 bridgehead atoms. The molecule has 6 nitrogen and oxygen atoms in total. The molecular formula is C20H19BrN4O2S. The van der Waals surface area contributed by atoms with E-state index in [0.29, 0.717) is 5.88 Å². The van der Waals surface area contributed by atoms with E-state index >= 15 is 0 Å². The van der Waals surface area contributed by atoms with Gasteiger partial charge in [-0.1, -0.05) is 27.3 Å². The van der Waals surface area contributed by atoms with Gasteiger partial charge in [0.05, 0.1) is 7.11 Å². The highest BCUT2D eigenvalue weighted by atomic mass is 79.9. The van der Waals surface area contributed by atoms with Crippen LogP contribution in [0.1, 0.15) is 18.9 Å². The molecular weight excluding hydrogens is 440 g/mol. The molecule has 2 aliphatic rings. The van der Waals surface area contributed by atoms with Crippen molar-refractivity contribution in [3.8, 4) is 5.88 Å². The molecule has 1 spiro atoms. The van der Waals surface area contributed by atoms with Gasteiger partial charge in [0, 0.05) is 48.2 Å². The minimum Gasteiger partial charge on any atom is -0.481 e. The fourth-order valence-corrected chi connectivity index (χ4v) is 5.62. The van der Waals surface area contributed by atoms with Crippen LogP contribution in [-0.2, 0) is 10.2 Å². The van der Waals surface area contributed by atoms with Gasteiger partial charge in [-0.15, -0.1) is 0 Å². The summed E-state index contributed by atoms with van der Waals surface area (Å²) in [6.45, 7) is 4.02. The Labute approximate surface area is 175 Å². The van der Waals surface area contributed by atoms with Crippen molar-refractivity contribution in [1.29, 1.82) is 0 Å². The standard InChI is InChI=1S/C20H19BrN4O2S/c1-12(26)24-8-7-20(10-24)11-25(16-5-3-13(21)9-14(16)20)19-22-15-4-6-17(27-2)23-18(15)28-19/h3-6,9H,7-8,10-11H2,1-2H3. The molecule has 8 heteroatoms. The van der Waals surface area contributed by atoms with Gasteiger partial charge in [-0.25, -0.2) is 9.97 Å². The molecule has 1 atom stereocenters. The lowest BCUT2D eigenvalue weighted by Gasteiger charge is -2.25. The molecule has 1 fully saturated rings. The van der Waals surface area contributed by atoms with Crippen LogP contribution in [0.5, 0.6) is 5.88 Å². The second kappa shape index (κ2) is 6.42. The summed E-state index contributed by atoms with van der Waals surface area (Å²) in [5, 5.41) is 0.928. The number of likely N-dealkylation sites (tertiary alicyclic amines) is 1. The zero-order valence-corrected chi connectivity index (χ0v) is 18.0. The SMILES string of the molecule is COc1ccc2nc(N3CC4(CCN(C(C)=O)C4)c4cc(Br)ccc43)sc2n1. The lowest BCUT2D eigenvalue weighted by atomic mass is 9.81. The molecule has 0 N–H and O–H groups in total. The molecule has 1 unspecified atom stereocenters. The first-order valence-corrected chi connectivity index (χ1v) is 10.7. The number of pyridine rings is 1. The minimum atomic E-state index is -0.0617. The first-order valence-electron chi connectivity index (χ1n) is 9.14. The second-order valence-electron chi connectivity index (χ2n) is 7.39. The number of carbonyl (C=O) groups is 1. The molecule has 1 aromatic carbocycles. The lowest BCUT2D eigenvalue weighted by molar-refractivity contribution is -0.127. The number of rotatable bonds is 2. The van der Waals surface area contributed by atoms with E-state index in [9.17, 15) is 4.79 Å². The summed E-state index contributed by atoms with van der Waals surface area (Å²) in [6.07, 6.45) is 0.962. The summed E-state index contributed by atoms with van der Waals surface area (Å²) < 4.78 is 6.31. The van der Waals surface area contributed by atoms with E-state index in [4.69, 9.17) is 9.72 Å². The number of fused-ring (bicyclic) bond motifs is 3. The van der Waals surface area contributed by atoms with Crippen LogP contribution >= 0.6 is 27.3 Å². The van der Waals surface area contributed by atoms with Gasteiger partial charge in [0.25, 0.3) is 0 Å². The van der Waals surface area contributed by atoms with E-state index in [1.165, 1.54) is 11.3 Å². The molecule has 1 amide bonds. The minimum absolute atomic E-state index is 0.0617. The molecule has 2 aliphatic heterocycles. The first-order chi connectivity index (χ1) is 13.5. The zero-order chi connectivity index (χ0) is 19.5. The van der Waals surface area contributed by atoms with Gasteiger partial charge in [0.2, 0.25) is 11.8 Å². The number of aromatic nitrogens is 2. The van der Waals surface area contributed by atoms with Crippen molar-refractivity contribution in [3.05, 3.63) is 40.4 Å². The Balaban J connectivity index is 1.59. The molecule has 144 valence electrons. The van der Waals surface area contributed by atoms with Crippen molar-refractivity contribution in [2.24, 2.45) is 0 Å². The maximum atomic E-state index is 12.0. The number of hydrogen-bond acceptors (Lipinski definition) is 6. The third-order valence-corrected chi connectivity index (χ3v) is 7.22. The van der Waals surface area contributed by atoms with Gasteiger partial charge in [-0.2, -0.15) is 0 Å². The normalized spacial score (nSPS) is 21.0. The molecule has 28 heavy (non-hydrogen) atoms. The monoisotopic (exact) mass is 458 g/mol. The summed E-state index contributed by atoms with van der Waals surface area (Å²) in [4.78, 5) is 26.4. The van der Waals surface area contributed by atoms with Gasteiger partial charge < -0.3 is 14.5 Å². The third-order valence-electron chi connectivity index (χ3n) is 5.74. The van der Waals surface area contributed by atoms with E-state index < -0.39 is 0 Å². The van der Waals surface area contributed by atoms with Crippen molar-refractivity contribution in [1.82, 2.24) is 14.9 Å². The zero-order valence-electron chi connectivity index (χ0n) is 15.6. The van der Waals surface area contributed by atoms with Crippen molar-refractivity contribution in [2.45, 2.75) is 18.8 Å². The largest absolute Gasteiger partial charge is 0.481 e. The van der Waals surface area contributed by atoms with Gasteiger partial charge in [-0.05, 0) is 36.2 Å². The maximum Gasteiger partial charge on any atom is 0.219 e. The predicted octanol–water partition coefficient (Wildman–Crippen LogP) is 4.10. The molecule has 3 aromatic rings. The number of nitrogens with zero attached hydrogens (tertiary/aromatic N) is 4. The van der Waals surface area contributed by atoms with Gasteiger partial charge in [-0.3, -0.25) is 4.79 Å². The van der Waals surface area contributed by atoms with Crippen LogP contribution in [0.4, 0.5) is 10.8 Å². The lowest BCUT2D eigenvalue weighted by Crippen LogP contribution is -2.36. The third kappa shape index (κ3) is 2.69. The van der Waals surface area contributed by atoms with Crippen LogP contribution in [0.2, 0.25) is 0 Å². The van der Waals surface area contributed by atoms with Crippen LogP contribution in [0.15, 0.2) is 34.8 Å². The summed E-state index contributed by atoms with van der Waals surface area (Å²) in [7, 11) is 1.62. The Bertz CT molecular complexity index is 1100. The van der Waals surface area contributed by atoms with Crippen LogP contribution in [-0.4, -0.2) is 47.5 Å². The molecule has 0 radical (unpaired) electrons. The number of hydrogen-bond donors (Lipinski definition) is 0. The Morgan fingerprint density at radius 3 is 2.86 bits per heavy atom. The molecule has 0 aliphatic carbocycles. The van der Waals surface area contributed by atoms with Crippen LogP contribution in [0.25, 0.3) is 10.3 Å². The van der Waals surface area contributed by atoms with Crippen LogP contribution < -0.4 is 9.64 Å². The van der Waals surface area contributed by atoms with E-state index in [0.717, 1.165) is 46.0 Å². The van der Waals surface area contributed by atoms with Crippen molar-refractivity contribution >= 4 is 54.3 Å². The number of halogens is 1. The average Bonchev–Trinajstić information content (AvgIpc) is 3.37. The highest BCUT2D eigenvalue weighted by molar-refractivity contribution is 9.10. The molecule has 2 aromatic heterocycles. The van der Waals surface area contributed by atoms with Crippen LogP contribution in [0.3, 0.4) is 0 Å². The molecule has 0 saturated carbocycles. The number of methoxy groups -OCH3 is 1. The Kier molecular flexibility index (Phi) is 4.10. The fraction of sp³-hybridized carbons (Fsp3) is 0.350. The average molecular weight is 459 g/mol. The Morgan fingerprint density at radius 2 is 2.11 bits per heavy atom. The number of carbonyl (C=O) groups excluding carboxylic acids is 1. The second-order valence-corrected chi connectivity index (χ2v) is 9.26. The number of ether oxygens (including phenoxy) is 1. The van der Waals surface area contributed by atoms with Crippen molar-refractivity contribution in [3.63, 3.8) is 0 Å². The van der Waals surface area contributed by atoms with Crippen molar-refractivity contribution < 1.29 is 9.53 Å². The topological polar surface area (TPSA) is 58.6 Å². The fourth-order valence-electron chi connectivity index (χ4n) is 4.32. The van der Waals surface area contributed by atoms with E-state index in [1.54, 1.807) is 25.4 Å². The molecule has 5 rings (SSSR count). The summed E-state index contributed by atoms with van der Waals surface area (Å²) in [6, 6.07) is 10.2. The summed E-state index contributed by atoms with van der Waals surface area (Å²) in [5.41, 5.74) is 3.26. The summed E-state index contributed by atoms with van der Waals surface area (Å²) in [5.74, 6) is 0.737. The molecule has 4 heterocycles. The van der Waals surface area contributed by atoms with Gasteiger partial charge in [0.15, 0.2) is 5.13 Å².